The van der Waals surface area contributed by atoms with Gasteiger partial charge in [0, 0.05) is 12.5 Å². The summed E-state index contributed by atoms with van der Waals surface area (Å²) in [5.74, 6) is -0.649. The van der Waals surface area contributed by atoms with E-state index in [0.29, 0.717) is 34.4 Å². The summed E-state index contributed by atoms with van der Waals surface area (Å²) < 4.78 is 6.39. The summed E-state index contributed by atoms with van der Waals surface area (Å²) in [5, 5.41) is 2.77. The lowest BCUT2D eigenvalue weighted by atomic mass is 10.1. The van der Waals surface area contributed by atoms with E-state index in [0.717, 1.165) is 5.56 Å². The second kappa shape index (κ2) is 8.85. The van der Waals surface area contributed by atoms with Crippen molar-refractivity contribution in [2.75, 3.05) is 12.4 Å². The zero-order valence-electron chi connectivity index (χ0n) is 17.7. The van der Waals surface area contributed by atoms with E-state index in [4.69, 9.17) is 4.74 Å². The Morgan fingerprint density at radius 1 is 0.969 bits per heavy atom. The Balaban J connectivity index is 1.85. The number of carbonyl (C=O) groups excluding carboxylic acids is 2. The second-order valence-corrected chi connectivity index (χ2v) is 7.26. The van der Waals surface area contributed by atoms with Gasteiger partial charge >= 0.3 is 5.97 Å². The van der Waals surface area contributed by atoms with Crippen LogP contribution < -0.4 is 10.9 Å². The van der Waals surface area contributed by atoms with Crippen molar-refractivity contribution in [3.05, 3.63) is 94.3 Å². The first kappa shape index (κ1) is 21.0. The second-order valence-electron chi connectivity index (χ2n) is 7.26. The normalized spacial score (nSPS) is 10.7. The fourth-order valence-electron chi connectivity index (χ4n) is 3.56. The molecule has 0 spiro atoms. The average Bonchev–Trinajstić information content (AvgIpc) is 2.81. The largest absolute Gasteiger partial charge is 0.465 e. The Labute approximate surface area is 184 Å². The van der Waals surface area contributed by atoms with Gasteiger partial charge < -0.3 is 14.6 Å². The third-order valence-electron chi connectivity index (χ3n) is 5.06. The molecule has 7 heteroatoms. The SMILES string of the molecule is COC(=O)c1ccc(Cn2c(=O)c(-c3ccccc3NC(C)=O)nc3ccccc32)cc1. The number of nitrogens with one attached hydrogen (secondary N) is 1. The topological polar surface area (TPSA) is 90.3 Å². The van der Waals surface area contributed by atoms with Crippen LogP contribution in [0.4, 0.5) is 5.69 Å². The summed E-state index contributed by atoms with van der Waals surface area (Å²) in [5.41, 5.74) is 3.67. The molecule has 1 amide bonds. The van der Waals surface area contributed by atoms with Crippen LogP contribution in [0.25, 0.3) is 22.3 Å². The molecule has 1 aromatic heterocycles. The lowest BCUT2D eigenvalue weighted by molar-refractivity contribution is -0.114. The van der Waals surface area contributed by atoms with Crippen molar-refractivity contribution in [1.82, 2.24) is 9.55 Å². The number of aromatic nitrogens is 2. The molecule has 32 heavy (non-hydrogen) atoms. The quantitative estimate of drug-likeness (QED) is 0.489. The van der Waals surface area contributed by atoms with E-state index in [1.165, 1.54) is 14.0 Å². The van der Waals surface area contributed by atoms with Crippen LogP contribution in [-0.4, -0.2) is 28.5 Å². The van der Waals surface area contributed by atoms with Crippen LogP contribution in [0.2, 0.25) is 0 Å². The summed E-state index contributed by atoms with van der Waals surface area (Å²) in [6, 6.07) is 21.4. The molecule has 0 aliphatic heterocycles. The number of carbonyl (C=O) groups is 2. The number of fused-ring (bicyclic) bond motifs is 1. The van der Waals surface area contributed by atoms with Crippen LogP contribution in [0.3, 0.4) is 0 Å². The molecule has 0 atom stereocenters. The fourth-order valence-corrected chi connectivity index (χ4v) is 3.56. The third kappa shape index (κ3) is 4.13. The van der Waals surface area contributed by atoms with Crippen LogP contribution in [0.1, 0.15) is 22.8 Å². The molecule has 1 heterocycles. The van der Waals surface area contributed by atoms with Crippen molar-refractivity contribution in [2.24, 2.45) is 0 Å². The smallest absolute Gasteiger partial charge is 0.337 e. The van der Waals surface area contributed by atoms with E-state index in [2.05, 4.69) is 10.3 Å². The molecule has 4 aromatic rings. The van der Waals surface area contributed by atoms with Gasteiger partial charge in [0.2, 0.25) is 5.91 Å². The van der Waals surface area contributed by atoms with Gasteiger partial charge in [-0.2, -0.15) is 0 Å². The molecule has 1 N–H and O–H groups in total. The maximum absolute atomic E-state index is 13.6. The van der Waals surface area contributed by atoms with Gasteiger partial charge in [-0.3, -0.25) is 9.59 Å². The Kier molecular flexibility index (Phi) is 5.81. The molecule has 0 saturated heterocycles. The summed E-state index contributed by atoms with van der Waals surface area (Å²) in [4.78, 5) is 41.5. The number of para-hydroxylation sites is 3. The van der Waals surface area contributed by atoms with Gasteiger partial charge in [-0.15, -0.1) is 0 Å². The molecule has 0 radical (unpaired) electrons. The lowest BCUT2D eigenvalue weighted by Gasteiger charge is -2.14. The van der Waals surface area contributed by atoms with Crippen molar-refractivity contribution in [3.8, 4) is 11.3 Å². The molecule has 4 rings (SSSR count). The number of rotatable bonds is 5. The molecule has 0 bridgehead atoms. The number of amides is 1. The van der Waals surface area contributed by atoms with Gasteiger partial charge in [-0.1, -0.05) is 42.5 Å². The lowest BCUT2D eigenvalue weighted by Crippen LogP contribution is -2.24. The predicted octanol–water partition coefficient (Wildman–Crippen LogP) is 3.86. The molecule has 7 nitrogen and oxygen atoms in total. The van der Waals surface area contributed by atoms with E-state index >= 15 is 0 Å². The van der Waals surface area contributed by atoms with Gasteiger partial charge in [0.1, 0.15) is 5.69 Å². The molecule has 0 fully saturated rings. The van der Waals surface area contributed by atoms with Gasteiger partial charge in [0.05, 0.1) is 35.9 Å². The van der Waals surface area contributed by atoms with Crippen LogP contribution >= 0.6 is 0 Å². The van der Waals surface area contributed by atoms with Crippen LogP contribution in [0.5, 0.6) is 0 Å². The highest BCUT2D eigenvalue weighted by Crippen LogP contribution is 2.26. The standard InChI is InChI=1S/C25H21N3O4/c1-16(29)26-20-8-4-3-7-19(20)23-24(30)28(22-10-6-5-9-21(22)27-23)15-17-11-13-18(14-12-17)25(31)32-2/h3-14H,15H2,1-2H3,(H,26,29). The number of ether oxygens (including phenoxy) is 1. The van der Waals surface area contributed by atoms with Crippen molar-refractivity contribution in [3.63, 3.8) is 0 Å². The van der Waals surface area contributed by atoms with E-state index < -0.39 is 5.97 Å². The first-order chi connectivity index (χ1) is 15.5. The fraction of sp³-hybridized carbons (Fsp3) is 0.120. The van der Waals surface area contributed by atoms with Gasteiger partial charge in [0.15, 0.2) is 0 Å². The maximum Gasteiger partial charge on any atom is 0.337 e. The van der Waals surface area contributed by atoms with Crippen LogP contribution in [-0.2, 0) is 16.1 Å². The molecule has 3 aromatic carbocycles. The highest BCUT2D eigenvalue weighted by atomic mass is 16.5. The first-order valence-electron chi connectivity index (χ1n) is 10.0. The van der Waals surface area contributed by atoms with Crippen molar-refractivity contribution < 1.29 is 14.3 Å². The highest BCUT2D eigenvalue weighted by molar-refractivity contribution is 5.94. The number of nitrogens with zero attached hydrogens (tertiary/aromatic N) is 2. The Bertz CT molecular complexity index is 1370. The van der Waals surface area contributed by atoms with E-state index in [9.17, 15) is 14.4 Å². The van der Waals surface area contributed by atoms with Gasteiger partial charge in [0.25, 0.3) is 5.56 Å². The number of benzene rings is 3. The number of hydrogen-bond acceptors (Lipinski definition) is 5. The number of methoxy groups -OCH3 is 1. The number of anilines is 1. The van der Waals surface area contributed by atoms with Crippen LogP contribution in [0.15, 0.2) is 77.6 Å². The Hall–Kier alpha value is -4.26. The molecule has 0 unspecified atom stereocenters. The highest BCUT2D eigenvalue weighted by Gasteiger charge is 2.16. The molecule has 160 valence electrons. The van der Waals surface area contributed by atoms with Crippen molar-refractivity contribution in [1.29, 1.82) is 0 Å². The monoisotopic (exact) mass is 427 g/mol. The summed E-state index contributed by atoms with van der Waals surface area (Å²) in [7, 11) is 1.33. The summed E-state index contributed by atoms with van der Waals surface area (Å²) >= 11 is 0. The number of hydrogen-bond donors (Lipinski definition) is 1. The first-order valence-corrected chi connectivity index (χ1v) is 10.0. The zero-order chi connectivity index (χ0) is 22.7. The van der Waals surface area contributed by atoms with Gasteiger partial charge in [-0.25, -0.2) is 9.78 Å². The number of esters is 1. The third-order valence-corrected chi connectivity index (χ3v) is 5.06. The predicted molar refractivity (Wildman–Crippen MR) is 123 cm³/mol. The molecular formula is C25H21N3O4. The molecule has 0 saturated carbocycles. The van der Waals surface area contributed by atoms with Crippen molar-refractivity contribution in [2.45, 2.75) is 13.5 Å². The van der Waals surface area contributed by atoms with Crippen molar-refractivity contribution >= 4 is 28.6 Å². The minimum absolute atomic E-state index is 0.232. The Morgan fingerprint density at radius 3 is 2.38 bits per heavy atom. The maximum atomic E-state index is 13.6. The van der Waals surface area contributed by atoms with Gasteiger partial charge in [-0.05, 0) is 35.9 Å². The summed E-state index contributed by atoms with van der Waals surface area (Å²) in [6.07, 6.45) is 0. The minimum atomic E-state index is -0.417. The molecule has 0 aliphatic carbocycles. The van der Waals surface area contributed by atoms with E-state index in [1.54, 1.807) is 53.1 Å². The molecule has 0 aliphatic rings. The van der Waals surface area contributed by atoms with Crippen LogP contribution in [0, 0.1) is 0 Å². The zero-order valence-corrected chi connectivity index (χ0v) is 17.7. The summed E-state index contributed by atoms with van der Waals surface area (Å²) in [6.45, 7) is 1.71. The van der Waals surface area contributed by atoms with E-state index in [-0.39, 0.29) is 17.2 Å². The van der Waals surface area contributed by atoms with E-state index in [1.807, 2.05) is 24.3 Å². The molecular weight excluding hydrogens is 406 g/mol. The minimum Gasteiger partial charge on any atom is -0.465 e. The average molecular weight is 427 g/mol. The Morgan fingerprint density at radius 2 is 1.66 bits per heavy atom.